The van der Waals surface area contributed by atoms with E-state index in [-0.39, 0.29) is 41.1 Å². The molecule has 0 radical (unpaired) electrons. The zero-order chi connectivity index (χ0) is 12.7. The first-order valence-corrected chi connectivity index (χ1v) is 6.67. The van der Waals surface area contributed by atoms with Crippen molar-refractivity contribution in [3.05, 3.63) is 98.8 Å². The fourth-order valence-corrected chi connectivity index (χ4v) is 2.87. The summed E-state index contributed by atoms with van der Waals surface area (Å²) in [6.45, 7) is 0. The van der Waals surface area contributed by atoms with E-state index in [9.17, 15) is 0 Å². The van der Waals surface area contributed by atoms with Crippen LogP contribution in [0.5, 0.6) is 0 Å². The molecule has 0 saturated carbocycles. The van der Waals surface area contributed by atoms with E-state index in [0.717, 1.165) is 6.42 Å². The van der Waals surface area contributed by atoms with E-state index < -0.39 is 0 Å². The van der Waals surface area contributed by atoms with Crippen LogP contribution in [0.1, 0.15) is 11.1 Å². The topological polar surface area (TPSA) is 0 Å². The van der Waals surface area contributed by atoms with Gasteiger partial charge in [-0.05, 0) is 6.42 Å². The maximum absolute atomic E-state index is 2.30. The Morgan fingerprint density at radius 3 is 1.45 bits per heavy atom. The number of fused-ring (bicyclic) bond motifs is 2. The summed E-state index contributed by atoms with van der Waals surface area (Å²) >= 11 is 0. The van der Waals surface area contributed by atoms with Crippen molar-refractivity contribution in [1.82, 2.24) is 0 Å². The van der Waals surface area contributed by atoms with E-state index in [1.54, 1.807) is 0 Å². The molecule has 0 aliphatic carbocycles. The molecule has 0 bridgehead atoms. The fourth-order valence-electron chi connectivity index (χ4n) is 2.87. The summed E-state index contributed by atoms with van der Waals surface area (Å²) in [6, 6.07) is 26.3. The van der Waals surface area contributed by atoms with E-state index in [1.807, 2.05) is 0 Å². The SMILES string of the molecule is [CH3-].[CH3-].[Zr+4].c1ccc2[cH-]c(Cc3cc4ccccc4[cH-]3)cc2c1. The third-order valence-corrected chi connectivity index (χ3v) is 3.76. The van der Waals surface area contributed by atoms with E-state index in [4.69, 9.17) is 0 Å². The van der Waals surface area contributed by atoms with Gasteiger partial charge in [-0.2, -0.15) is 12.1 Å². The average Bonchev–Trinajstić information content (AvgIpc) is 3.00. The molecule has 0 aromatic heterocycles. The van der Waals surface area contributed by atoms with Crippen LogP contribution in [0, 0.1) is 14.9 Å². The van der Waals surface area contributed by atoms with E-state index in [1.165, 1.54) is 32.7 Å². The summed E-state index contributed by atoms with van der Waals surface area (Å²) in [6.07, 6.45) is 1.02. The van der Waals surface area contributed by atoms with E-state index in [2.05, 4.69) is 72.8 Å². The second-order valence-electron chi connectivity index (χ2n) is 5.16. The molecular formula is C21H20Zr. The summed E-state index contributed by atoms with van der Waals surface area (Å²) in [5.41, 5.74) is 2.80. The molecule has 0 aliphatic rings. The Labute approximate surface area is 152 Å². The quantitative estimate of drug-likeness (QED) is 0.388. The predicted octanol–water partition coefficient (Wildman–Crippen LogP) is 5.92. The van der Waals surface area contributed by atoms with Crippen molar-refractivity contribution in [1.29, 1.82) is 0 Å². The predicted molar refractivity (Wildman–Crippen MR) is 94.7 cm³/mol. The molecule has 4 aromatic carbocycles. The molecule has 0 amide bonds. The molecule has 1 heteroatoms. The molecule has 4 aromatic rings. The van der Waals surface area contributed by atoms with Gasteiger partial charge in [0, 0.05) is 0 Å². The normalized spacial score (nSPS) is 9.82. The molecule has 0 aliphatic heterocycles. The Morgan fingerprint density at radius 1 is 0.636 bits per heavy atom. The van der Waals surface area contributed by atoms with Crippen LogP contribution in [0.25, 0.3) is 21.5 Å². The summed E-state index contributed by atoms with van der Waals surface area (Å²) in [5.74, 6) is 0. The molecule has 0 atom stereocenters. The molecule has 0 nitrogen and oxygen atoms in total. The van der Waals surface area contributed by atoms with Crippen molar-refractivity contribution in [2.24, 2.45) is 0 Å². The zero-order valence-corrected chi connectivity index (χ0v) is 15.6. The maximum Gasteiger partial charge on any atom is 4.00 e. The Kier molecular flexibility index (Phi) is 6.51. The van der Waals surface area contributed by atoms with Crippen LogP contribution < -0.4 is 0 Å². The second-order valence-corrected chi connectivity index (χ2v) is 5.16. The van der Waals surface area contributed by atoms with Gasteiger partial charge in [-0.15, -0.1) is 81.2 Å². The Hall–Kier alpha value is -1.46. The Balaban J connectivity index is 0.000000807. The van der Waals surface area contributed by atoms with Gasteiger partial charge in [-0.25, -0.2) is 0 Å². The minimum atomic E-state index is 0. The molecule has 0 heterocycles. The third kappa shape index (κ3) is 3.47. The van der Waals surface area contributed by atoms with Gasteiger partial charge in [0.1, 0.15) is 0 Å². The van der Waals surface area contributed by atoms with Gasteiger partial charge in [0.2, 0.25) is 0 Å². The molecule has 0 saturated heterocycles. The van der Waals surface area contributed by atoms with Crippen molar-refractivity contribution < 1.29 is 26.2 Å². The summed E-state index contributed by atoms with van der Waals surface area (Å²) < 4.78 is 0. The first kappa shape index (κ1) is 18.6. The fraction of sp³-hybridized carbons (Fsp3) is 0.0476. The standard InChI is InChI=1S/C19H14.2CH3.Zr/c1-2-6-17-11-14(10-16(17)5-1)9-15-12-18-7-3-4-8-19(18)13-15;;;/h1-8,10-13H,9H2;2*1H3;/q-2;2*-1;+4. The summed E-state index contributed by atoms with van der Waals surface area (Å²) in [4.78, 5) is 0. The van der Waals surface area contributed by atoms with E-state index >= 15 is 0 Å². The van der Waals surface area contributed by atoms with Crippen LogP contribution in [-0.2, 0) is 32.6 Å². The molecular weight excluding hydrogens is 343 g/mol. The Bertz CT molecular complexity index is 710. The minimum Gasteiger partial charge on any atom is -0.358 e. The van der Waals surface area contributed by atoms with Crippen LogP contribution in [-0.4, -0.2) is 0 Å². The van der Waals surface area contributed by atoms with Crippen LogP contribution in [0.4, 0.5) is 0 Å². The second kappa shape index (κ2) is 7.70. The first-order chi connectivity index (χ1) is 9.38. The van der Waals surface area contributed by atoms with Gasteiger partial charge in [0.15, 0.2) is 0 Å². The van der Waals surface area contributed by atoms with Crippen molar-refractivity contribution in [2.45, 2.75) is 6.42 Å². The molecule has 4 rings (SSSR count). The van der Waals surface area contributed by atoms with Crippen molar-refractivity contribution in [3.8, 4) is 0 Å². The maximum atomic E-state index is 2.30. The third-order valence-electron chi connectivity index (χ3n) is 3.76. The Morgan fingerprint density at radius 2 is 1.05 bits per heavy atom. The molecule has 22 heavy (non-hydrogen) atoms. The van der Waals surface area contributed by atoms with Gasteiger partial charge in [-0.3, -0.25) is 0 Å². The largest absolute Gasteiger partial charge is 4.00 e. The smallest absolute Gasteiger partial charge is 0.358 e. The van der Waals surface area contributed by atoms with Crippen LogP contribution in [0.3, 0.4) is 0 Å². The van der Waals surface area contributed by atoms with Crippen LogP contribution in [0.2, 0.25) is 0 Å². The summed E-state index contributed by atoms with van der Waals surface area (Å²) in [5, 5.41) is 5.37. The van der Waals surface area contributed by atoms with Crippen molar-refractivity contribution in [2.75, 3.05) is 0 Å². The monoisotopic (exact) mass is 362 g/mol. The number of rotatable bonds is 2. The van der Waals surface area contributed by atoms with Gasteiger partial charge in [-0.1, -0.05) is 12.1 Å². The molecule has 0 N–H and O–H groups in total. The number of hydrogen-bond donors (Lipinski definition) is 0. The summed E-state index contributed by atoms with van der Waals surface area (Å²) in [7, 11) is 0. The molecule has 0 fully saturated rings. The van der Waals surface area contributed by atoms with Gasteiger partial charge < -0.3 is 14.9 Å². The zero-order valence-electron chi connectivity index (χ0n) is 13.1. The minimum absolute atomic E-state index is 0. The van der Waals surface area contributed by atoms with Crippen molar-refractivity contribution >= 4 is 21.5 Å². The van der Waals surface area contributed by atoms with Gasteiger partial charge in [0.05, 0.1) is 0 Å². The molecule has 108 valence electrons. The first-order valence-electron chi connectivity index (χ1n) is 6.67. The molecule has 0 unspecified atom stereocenters. The molecule has 0 spiro atoms. The van der Waals surface area contributed by atoms with Crippen LogP contribution >= 0.6 is 0 Å². The van der Waals surface area contributed by atoms with Gasteiger partial charge in [0.25, 0.3) is 0 Å². The number of hydrogen-bond acceptors (Lipinski definition) is 0. The number of benzene rings is 2. The van der Waals surface area contributed by atoms with E-state index in [0.29, 0.717) is 0 Å². The average molecular weight is 364 g/mol. The van der Waals surface area contributed by atoms with Crippen LogP contribution in [0.15, 0.2) is 72.8 Å². The van der Waals surface area contributed by atoms with Crippen molar-refractivity contribution in [3.63, 3.8) is 0 Å². The van der Waals surface area contributed by atoms with Gasteiger partial charge >= 0.3 is 26.2 Å².